The summed E-state index contributed by atoms with van der Waals surface area (Å²) in [6.07, 6.45) is 5.61. The predicted molar refractivity (Wildman–Crippen MR) is 137 cm³/mol. The molecule has 7 rings (SSSR count). The Bertz CT molecular complexity index is 1720. The van der Waals surface area contributed by atoms with Crippen molar-refractivity contribution in [2.75, 3.05) is 11.4 Å². The highest BCUT2D eigenvalue weighted by Crippen LogP contribution is 2.36. The lowest BCUT2D eigenvalue weighted by molar-refractivity contribution is 0.617. The molecular weight excluding hydrogens is 453 g/mol. The summed E-state index contributed by atoms with van der Waals surface area (Å²) in [5.41, 5.74) is 6.17. The Labute approximate surface area is 206 Å². The molecule has 8 heteroatoms. The highest BCUT2D eigenvalue weighted by Gasteiger charge is 2.28. The number of imidazole rings is 1. The number of hydrogen-bond donors (Lipinski definition) is 1. The maximum atomic E-state index is 13.9. The first-order chi connectivity index (χ1) is 17.7. The monoisotopic (exact) mass is 475 g/mol. The van der Waals surface area contributed by atoms with Gasteiger partial charge in [-0.25, -0.2) is 18.9 Å². The molecule has 4 aromatic heterocycles. The van der Waals surface area contributed by atoms with Gasteiger partial charge in [-0.3, -0.25) is 5.10 Å². The Hall–Kier alpha value is -4.59. The summed E-state index contributed by atoms with van der Waals surface area (Å²) in [4.78, 5) is 11.8. The van der Waals surface area contributed by atoms with Crippen LogP contribution < -0.4 is 4.90 Å². The lowest BCUT2D eigenvalue weighted by Crippen LogP contribution is -2.24. The van der Waals surface area contributed by atoms with Crippen LogP contribution in [0.3, 0.4) is 0 Å². The molecule has 0 saturated carbocycles. The predicted octanol–water partition coefficient (Wildman–Crippen LogP) is 5.82. The molecule has 5 heterocycles. The van der Waals surface area contributed by atoms with Gasteiger partial charge in [0.2, 0.25) is 0 Å². The number of benzene rings is 2. The van der Waals surface area contributed by atoms with Gasteiger partial charge in [0.05, 0.1) is 35.3 Å². The second-order valence-corrected chi connectivity index (χ2v) is 9.09. The Morgan fingerprint density at radius 3 is 2.78 bits per heavy atom. The molecule has 1 N–H and O–H groups in total. The number of hydrogen-bond acceptors (Lipinski definition) is 5. The van der Waals surface area contributed by atoms with Gasteiger partial charge in [-0.05, 0) is 60.9 Å². The number of rotatable bonds is 4. The fraction of sp³-hybridized carbons (Fsp3) is 0.143. The molecule has 1 fully saturated rings. The van der Waals surface area contributed by atoms with Crippen molar-refractivity contribution in [3.63, 3.8) is 0 Å². The zero-order valence-corrected chi connectivity index (χ0v) is 19.3. The minimum Gasteiger partial charge on any atom is -0.348 e. The molecule has 1 saturated heterocycles. The summed E-state index contributed by atoms with van der Waals surface area (Å²) in [5.74, 6) is 0.631. The fourth-order valence-corrected chi connectivity index (χ4v) is 5.13. The molecule has 0 aliphatic carbocycles. The number of pyridine rings is 1. The zero-order chi connectivity index (χ0) is 24.1. The highest BCUT2D eigenvalue weighted by molar-refractivity contribution is 5.83. The Kier molecular flexibility index (Phi) is 4.77. The first-order valence-electron chi connectivity index (χ1n) is 12.0. The average molecular weight is 476 g/mol. The fourth-order valence-electron chi connectivity index (χ4n) is 5.13. The Morgan fingerprint density at radius 2 is 1.83 bits per heavy atom. The number of anilines is 1. The van der Waals surface area contributed by atoms with E-state index in [-0.39, 0.29) is 11.9 Å². The number of nitrogens with zero attached hydrogens (tertiary/aromatic N) is 6. The smallest absolute Gasteiger partial charge is 0.154 e. The van der Waals surface area contributed by atoms with Crippen molar-refractivity contribution < 1.29 is 4.39 Å². The van der Waals surface area contributed by atoms with E-state index >= 15 is 0 Å². The molecule has 0 radical (unpaired) electrons. The number of aromatic amines is 1. The van der Waals surface area contributed by atoms with Crippen molar-refractivity contribution in [1.29, 1.82) is 0 Å². The van der Waals surface area contributed by atoms with E-state index in [1.54, 1.807) is 12.1 Å². The summed E-state index contributed by atoms with van der Waals surface area (Å²) in [5, 5.41) is 13.2. The standard InChI is InChI=1S/C28H22FN7/c29-21-5-1-4-19(14-21)25-8-3-13-35(25)28-12-11-27-30-17-26(36(27)34-28)23-7-2-6-22(32-23)18-9-10-20-16-31-33-24(20)15-18/h1-2,4-7,9-12,14-17,25H,3,8,13H2,(H,31,33). The van der Waals surface area contributed by atoms with Crippen molar-refractivity contribution in [1.82, 2.24) is 29.8 Å². The van der Waals surface area contributed by atoms with E-state index in [0.29, 0.717) is 0 Å². The molecule has 1 aliphatic rings. The largest absolute Gasteiger partial charge is 0.348 e. The van der Waals surface area contributed by atoms with Crippen LogP contribution in [0.5, 0.6) is 0 Å². The third-order valence-electron chi connectivity index (χ3n) is 6.88. The molecule has 0 spiro atoms. The van der Waals surface area contributed by atoms with E-state index < -0.39 is 0 Å². The first-order valence-corrected chi connectivity index (χ1v) is 12.0. The normalized spacial score (nSPS) is 15.8. The SMILES string of the molecule is Fc1cccc(C2CCCN2c2ccc3ncc(-c4cccc(-c5ccc6cn[nH]c6c5)n4)n3n2)c1. The number of fused-ring (bicyclic) bond motifs is 2. The van der Waals surface area contributed by atoms with Crippen LogP contribution in [0.2, 0.25) is 0 Å². The van der Waals surface area contributed by atoms with Crippen LogP contribution >= 0.6 is 0 Å². The lowest BCUT2D eigenvalue weighted by Gasteiger charge is -2.26. The van der Waals surface area contributed by atoms with Gasteiger partial charge in [0.1, 0.15) is 17.3 Å². The van der Waals surface area contributed by atoms with Gasteiger partial charge in [0.15, 0.2) is 5.65 Å². The van der Waals surface area contributed by atoms with Gasteiger partial charge < -0.3 is 4.90 Å². The average Bonchev–Trinajstić information content (AvgIpc) is 3.67. The highest BCUT2D eigenvalue weighted by atomic mass is 19.1. The van der Waals surface area contributed by atoms with Gasteiger partial charge in [0.25, 0.3) is 0 Å². The molecule has 0 amide bonds. The molecule has 6 aromatic rings. The molecule has 1 aliphatic heterocycles. The molecule has 36 heavy (non-hydrogen) atoms. The van der Waals surface area contributed by atoms with E-state index in [9.17, 15) is 4.39 Å². The minimum absolute atomic E-state index is 0.0940. The Morgan fingerprint density at radius 1 is 0.917 bits per heavy atom. The summed E-state index contributed by atoms with van der Waals surface area (Å²) in [6.45, 7) is 0.869. The summed E-state index contributed by atoms with van der Waals surface area (Å²) in [7, 11) is 0. The van der Waals surface area contributed by atoms with E-state index in [0.717, 1.165) is 70.0 Å². The maximum Gasteiger partial charge on any atom is 0.154 e. The third-order valence-corrected chi connectivity index (χ3v) is 6.88. The van der Waals surface area contributed by atoms with E-state index in [4.69, 9.17) is 10.1 Å². The number of H-pyrrole nitrogens is 1. The van der Waals surface area contributed by atoms with Crippen molar-refractivity contribution in [2.24, 2.45) is 0 Å². The molecule has 0 bridgehead atoms. The number of nitrogens with one attached hydrogen (secondary N) is 1. The van der Waals surface area contributed by atoms with Crippen LogP contribution in [0.4, 0.5) is 10.2 Å². The third kappa shape index (κ3) is 3.50. The quantitative estimate of drug-likeness (QED) is 0.348. The molecular formula is C28H22FN7. The number of halogens is 1. The van der Waals surface area contributed by atoms with E-state index in [1.165, 1.54) is 6.07 Å². The van der Waals surface area contributed by atoms with Crippen molar-refractivity contribution in [3.8, 4) is 22.6 Å². The second kappa shape index (κ2) is 8.27. The van der Waals surface area contributed by atoms with Crippen LogP contribution in [0.25, 0.3) is 39.2 Å². The van der Waals surface area contributed by atoms with E-state index in [1.807, 2.05) is 59.4 Å². The molecule has 7 nitrogen and oxygen atoms in total. The van der Waals surface area contributed by atoms with Gasteiger partial charge >= 0.3 is 0 Å². The van der Waals surface area contributed by atoms with Crippen LogP contribution in [-0.4, -0.2) is 36.3 Å². The van der Waals surface area contributed by atoms with Crippen LogP contribution in [0.1, 0.15) is 24.4 Å². The van der Waals surface area contributed by atoms with Gasteiger partial charge in [-0.1, -0.05) is 30.3 Å². The van der Waals surface area contributed by atoms with Crippen molar-refractivity contribution >= 4 is 22.4 Å². The van der Waals surface area contributed by atoms with Gasteiger partial charge in [0, 0.05) is 17.5 Å². The number of aromatic nitrogens is 6. The van der Waals surface area contributed by atoms with Crippen LogP contribution in [0, 0.1) is 5.82 Å². The summed E-state index contributed by atoms with van der Waals surface area (Å²) >= 11 is 0. The summed E-state index contributed by atoms with van der Waals surface area (Å²) < 4.78 is 15.8. The molecule has 1 unspecified atom stereocenters. The van der Waals surface area contributed by atoms with Crippen LogP contribution in [0.15, 0.2) is 85.2 Å². The van der Waals surface area contributed by atoms with Crippen molar-refractivity contribution in [3.05, 3.63) is 96.6 Å². The van der Waals surface area contributed by atoms with Gasteiger partial charge in [-0.2, -0.15) is 5.10 Å². The minimum atomic E-state index is -0.211. The maximum absolute atomic E-state index is 13.9. The molecule has 1 atom stereocenters. The van der Waals surface area contributed by atoms with Crippen LogP contribution in [-0.2, 0) is 0 Å². The lowest BCUT2D eigenvalue weighted by atomic mass is 10.0. The van der Waals surface area contributed by atoms with Gasteiger partial charge in [-0.15, -0.1) is 5.10 Å². The Balaban J connectivity index is 1.27. The topological polar surface area (TPSA) is 75.0 Å². The zero-order valence-electron chi connectivity index (χ0n) is 19.3. The molecule has 2 aromatic carbocycles. The first kappa shape index (κ1) is 20.8. The molecule has 176 valence electrons. The van der Waals surface area contributed by atoms with E-state index in [2.05, 4.69) is 32.2 Å². The summed E-state index contributed by atoms with van der Waals surface area (Å²) in [6, 6.07) is 23.0. The second-order valence-electron chi connectivity index (χ2n) is 9.09. The van der Waals surface area contributed by atoms with Crippen molar-refractivity contribution in [2.45, 2.75) is 18.9 Å².